The summed E-state index contributed by atoms with van der Waals surface area (Å²) in [6, 6.07) is 8.01. The molecule has 2 aliphatic rings. The van der Waals surface area contributed by atoms with Crippen molar-refractivity contribution in [2.24, 2.45) is 0 Å². The molecule has 0 saturated carbocycles. The van der Waals surface area contributed by atoms with Gasteiger partial charge in [-0.2, -0.15) is 5.10 Å². The Kier molecular flexibility index (Phi) is 4.44. The minimum absolute atomic E-state index is 0.111. The van der Waals surface area contributed by atoms with Crippen molar-refractivity contribution in [3.63, 3.8) is 0 Å². The first-order valence-corrected chi connectivity index (χ1v) is 10.9. The maximum absolute atomic E-state index is 13.0. The number of nitrogens with zero attached hydrogens (tertiary/aromatic N) is 6. The van der Waals surface area contributed by atoms with E-state index in [1.165, 1.54) is 5.57 Å². The van der Waals surface area contributed by atoms with Crippen LogP contribution in [0.2, 0.25) is 0 Å². The Balaban J connectivity index is 1.34. The molecule has 4 aromatic rings. The summed E-state index contributed by atoms with van der Waals surface area (Å²) in [4.78, 5) is 24.6. The number of hydrogen-bond acceptors (Lipinski definition) is 6. The Labute approximate surface area is 184 Å². The number of rotatable bonds is 3. The zero-order valence-corrected chi connectivity index (χ0v) is 18.2. The SMILES string of the molecule is Cc1cn2nc(-c3cc(=O)n4cc(C5=CCN(C6COC6)CC5)ccc4n3)cc2c(C)n1. The van der Waals surface area contributed by atoms with E-state index in [-0.39, 0.29) is 5.56 Å². The van der Waals surface area contributed by atoms with Crippen LogP contribution in [0.4, 0.5) is 0 Å². The molecule has 4 aromatic heterocycles. The fraction of sp³-hybridized carbons (Fsp3) is 0.333. The van der Waals surface area contributed by atoms with E-state index in [1.807, 2.05) is 38.4 Å². The highest BCUT2D eigenvalue weighted by atomic mass is 16.5. The standard InChI is InChI=1S/C24H24N6O2/c1-15-11-30-22(16(2)25-15)9-21(27-30)20-10-24(31)29-12-18(3-4-23(29)26-20)17-5-7-28(8-6-17)19-13-32-14-19/h3-5,9-12,19H,6-8,13-14H2,1-2H3. The summed E-state index contributed by atoms with van der Waals surface area (Å²) in [5.41, 5.74) is 6.79. The zero-order valence-electron chi connectivity index (χ0n) is 18.2. The van der Waals surface area contributed by atoms with Gasteiger partial charge in [0.25, 0.3) is 5.56 Å². The first-order chi connectivity index (χ1) is 15.5. The lowest BCUT2D eigenvalue weighted by atomic mass is 9.99. The molecule has 0 spiro atoms. The van der Waals surface area contributed by atoms with E-state index >= 15 is 0 Å². The van der Waals surface area contributed by atoms with Crippen LogP contribution in [0.5, 0.6) is 0 Å². The van der Waals surface area contributed by atoms with E-state index in [0.29, 0.717) is 23.1 Å². The highest BCUT2D eigenvalue weighted by molar-refractivity contribution is 5.69. The second kappa shape index (κ2) is 7.36. The van der Waals surface area contributed by atoms with Crippen LogP contribution in [0, 0.1) is 13.8 Å². The molecule has 0 radical (unpaired) electrons. The van der Waals surface area contributed by atoms with Gasteiger partial charge in [0.2, 0.25) is 0 Å². The first kappa shape index (κ1) is 19.3. The molecule has 6 rings (SSSR count). The van der Waals surface area contributed by atoms with Gasteiger partial charge in [0.1, 0.15) is 11.3 Å². The van der Waals surface area contributed by atoms with Crippen LogP contribution in [0.15, 0.2) is 47.5 Å². The van der Waals surface area contributed by atoms with Crippen molar-refractivity contribution in [1.82, 2.24) is 28.9 Å². The van der Waals surface area contributed by atoms with E-state index < -0.39 is 0 Å². The maximum atomic E-state index is 13.0. The van der Waals surface area contributed by atoms with E-state index in [1.54, 1.807) is 15.0 Å². The summed E-state index contributed by atoms with van der Waals surface area (Å²) >= 11 is 0. The average Bonchev–Trinajstić information content (AvgIpc) is 3.17. The van der Waals surface area contributed by atoms with Crippen LogP contribution in [0.1, 0.15) is 23.4 Å². The third-order valence-electron chi connectivity index (χ3n) is 6.43. The summed E-state index contributed by atoms with van der Waals surface area (Å²) in [7, 11) is 0. The molecular formula is C24H24N6O2. The van der Waals surface area contributed by atoms with Gasteiger partial charge < -0.3 is 4.74 Å². The van der Waals surface area contributed by atoms with Crippen molar-refractivity contribution in [3.05, 3.63) is 70.0 Å². The summed E-state index contributed by atoms with van der Waals surface area (Å²) < 4.78 is 8.74. The van der Waals surface area contributed by atoms with Crippen LogP contribution in [-0.2, 0) is 4.74 Å². The van der Waals surface area contributed by atoms with Crippen molar-refractivity contribution < 1.29 is 4.74 Å². The molecule has 0 aliphatic carbocycles. The second-order valence-electron chi connectivity index (χ2n) is 8.62. The first-order valence-electron chi connectivity index (χ1n) is 10.9. The highest BCUT2D eigenvalue weighted by Crippen LogP contribution is 2.25. The second-order valence-corrected chi connectivity index (χ2v) is 8.62. The van der Waals surface area contributed by atoms with Gasteiger partial charge >= 0.3 is 0 Å². The van der Waals surface area contributed by atoms with Crippen molar-refractivity contribution >= 4 is 16.7 Å². The summed E-state index contributed by atoms with van der Waals surface area (Å²) in [6.45, 7) is 7.51. The topological polar surface area (TPSA) is 77.0 Å². The predicted octanol–water partition coefficient (Wildman–Crippen LogP) is 2.51. The Morgan fingerprint density at radius 2 is 1.94 bits per heavy atom. The Morgan fingerprint density at radius 1 is 1.06 bits per heavy atom. The summed E-state index contributed by atoms with van der Waals surface area (Å²) in [5, 5.41) is 4.62. The van der Waals surface area contributed by atoms with Crippen LogP contribution < -0.4 is 5.56 Å². The minimum Gasteiger partial charge on any atom is -0.378 e. The quantitative estimate of drug-likeness (QED) is 0.499. The van der Waals surface area contributed by atoms with Gasteiger partial charge in [-0.25, -0.2) is 9.50 Å². The van der Waals surface area contributed by atoms with Gasteiger partial charge in [0, 0.05) is 25.4 Å². The van der Waals surface area contributed by atoms with Crippen LogP contribution in [0.25, 0.3) is 28.1 Å². The van der Waals surface area contributed by atoms with Crippen LogP contribution in [0.3, 0.4) is 0 Å². The fourth-order valence-electron chi connectivity index (χ4n) is 4.55. The fourth-order valence-corrected chi connectivity index (χ4v) is 4.55. The van der Waals surface area contributed by atoms with Gasteiger partial charge in [-0.05, 0) is 49.6 Å². The van der Waals surface area contributed by atoms with Gasteiger partial charge in [-0.3, -0.25) is 19.1 Å². The van der Waals surface area contributed by atoms with Gasteiger partial charge in [-0.1, -0.05) is 6.08 Å². The summed E-state index contributed by atoms with van der Waals surface area (Å²) in [6.07, 6.45) is 7.02. The molecule has 0 aromatic carbocycles. The lowest BCUT2D eigenvalue weighted by molar-refractivity contribution is -0.0612. The van der Waals surface area contributed by atoms with Crippen molar-refractivity contribution in [2.45, 2.75) is 26.3 Å². The minimum atomic E-state index is -0.111. The van der Waals surface area contributed by atoms with Gasteiger partial charge in [0.15, 0.2) is 0 Å². The van der Waals surface area contributed by atoms with Gasteiger partial charge in [0.05, 0.1) is 48.1 Å². The van der Waals surface area contributed by atoms with E-state index in [2.05, 4.69) is 27.1 Å². The molecule has 32 heavy (non-hydrogen) atoms. The zero-order chi connectivity index (χ0) is 21.8. The maximum Gasteiger partial charge on any atom is 0.258 e. The monoisotopic (exact) mass is 428 g/mol. The van der Waals surface area contributed by atoms with E-state index in [4.69, 9.17) is 9.72 Å². The number of fused-ring (bicyclic) bond motifs is 2. The van der Waals surface area contributed by atoms with Crippen molar-refractivity contribution in [3.8, 4) is 11.4 Å². The molecule has 1 fully saturated rings. The molecule has 0 unspecified atom stereocenters. The van der Waals surface area contributed by atoms with E-state index in [9.17, 15) is 4.79 Å². The Bertz CT molecular complexity index is 1450. The lowest BCUT2D eigenvalue weighted by Crippen LogP contribution is -2.50. The highest BCUT2D eigenvalue weighted by Gasteiger charge is 2.27. The van der Waals surface area contributed by atoms with Crippen LogP contribution in [-0.4, -0.2) is 61.2 Å². The van der Waals surface area contributed by atoms with Gasteiger partial charge in [-0.15, -0.1) is 0 Å². The molecule has 1 saturated heterocycles. The van der Waals surface area contributed by atoms with E-state index in [0.717, 1.165) is 55.2 Å². The molecule has 2 aliphatic heterocycles. The number of ether oxygens (including phenoxy) is 1. The molecule has 162 valence electrons. The molecule has 6 heterocycles. The molecule has 8 nitrogen and oxygen atoms in total. The molecule has 0 amide bonds. The lowest BCUT2D eigenvalue weighted by Gasteiger charge is -2.38. The van der Waals surface area contributed by atoms with Crippen LogP contribution >= 0.6 is 0 Å². The largest absolute Gasteiger partial charge is 0.378 e. The smallest absolute Gasteiger partial charge is 0.258 e. The number of aryl methyl sites for hydroxylation is 2. The number of aromatic nitrogens is 5. The Hall–Kier alpha value is -3.36. The summed E-state index contributed by atoms with van der Waals surface area (Å²) in [5.74, 6) is 0. The molecule has 0 N–H and O–H groups in total. The Morgan fingerprint density at radius 3 is 2.69 bits per heavy atom. The molecule has 0 bridgehead atoms. The molecule has 0 atom stereocenters. The van der Waals surface area contributed by atoms with Crippen molar-refractivity contribution in [1.29, 1.82) is 0 Å². The molecular weight excluding hydrogens is 404 g/mol. The molecule has 8 heteroatoms. The number of pyridine rings is 1. The average molecular weight is 428 g/mol. The normalized spacial score (nSPS) is 17.6. The predicted molar refractivity (Wildman–Crippen MR) is 122 cm³/mol. The third kappa shape index (κ3) is 3.23. The number of hydrogen-bond donors (Lipinski definition) is 0. The van der Waals surface area contributed by atoms with Crippen molar-refractivity contribution in [2.75, 3.05) is 26.3 Å². The third-order valence-corrected chi connectivity index (χ3v) is 6.43.